The Morgan fingerprint density at radius 3 is 2.41 bits per heavy atom. The van der Waals surface area contributed by atoms with Crippen molar-refractivity contribution in [1.29, 1.82) is 0 Å². The summed E-state index contributed by atoms with van der Waals surface area (Å²) in [6.07, 6.45) is 0. The number of aromatic nitrogens is 5. The van der Waals surface area contributed by atoms with Crippen molar-refractivity contribution in [2.45, 2.75) is 30.8 Å². The molecule has 8 heteroatoms. The summed E-state index contributed by atoms with van der Waals surface area (Å²) in [6.45, 7) is 4.85. The predicted octanol–water partition coefficient (Wildman–Crippen LogP) is 4.88. The fourth-order valence-electron chi connectivity index (χ4n) is 2.92. The van der Waals surface area contributed by atoms with Gasteiger partial charge in [0.15, 0.2) is 11.0 Å². The van der Waals surface area contributed by atoms with Crippen LogP contribution in [0, 0.1) is 0 Å². The molecule has 2 aromatic carbocycles. The lowest BCUT2D eigenvalue weighted by atomic mass is 10.2. The van der Waals surface area contributed by atoms with Gasteiger partial charge in [-0.05, 0) is 50.2 Å². The van der Waals surface area contributed by atoms with Gasteiger partial charge in [0.2, 0.25) is 11.8 Å². The van der Waals surface area contributed by atoms with Crippen LogP contribution >= 0.6 is 11.8 Å². The molecule has 2 aromatic heterocycles. The smallest absolute Gasteiger partial charge is 0.247 e. The zero-order chi connectivity index (χ0) is 20.2. The second kappa shape index (κ2) is 8.48. The summed E-state index contributed by atoms with van der Waals surface area (Å²) in [6, 6.07) is 17.6. The Hall–Kier alpha value is -3.13. The third-order valence-electron chi connectivity index (χ3n) is 4.47. The van der Waals surface area contributed by atoms with Crippen molar-refractivity contribution in [3.05, 3.63) is 60.5 Å². The molecule has 1 atom stereocenters. The number of hydrogen-bond donors (Lipinski definition) is 0. The van der Waals surface area contributed by atoms with Crippen LogP contribution in [0.25, 0.3) is 22.8 Å². The first-order valence-electron chi connectivity index (χ1n) is 9.32. The first-order valence-corrected chi connectivity index (χ1v) is 10.2. The highest BCUT2D eigenvalue weighted by atomic mass is 32.2. The third-order valence-corrected chi connectivity index (χ3v) is 5.54. The van der Waals surface area contributed by atoms with Gasteiger partial charge in [-0.2, -0.15) is 0 Å². The van der Waals surface area contributed by atoms with E-state index in [0.717, 1.165) is 34.4 Å². The summed E-state index contributed by atoms with van der Waals surface area (Å²) in [7, 11) is 1.65. The summed E-state index contributed by atoms with van der Waals surface area (Å²) in [5.74, 6) is 2.71. The Kier molecular flexibility index (Phi) is 5.62. The van der Waals surface area contributed by atoms with Gasteiger partial charge < -0.3 is 13.7 Å². The first-order chi connectivity index (χ1) is 14.2. The zero-order valence-electron chi connectivity index (χ0n) is 16.4. The van der Waals surface area contributed by atoms with Gasteiger partial charge in [-0.15, -0.1) is 20.4 Å². The molecule has 2 heterocycles. The molecule has 0 fully saturated rings. The molecule has 7 nitrogen and oxygen atoms in total. The van der Waals surface area contributed by atoms with E-state index in [1.807, 2.05) is 61.5 Å². The Morgan fingerprint density at radius 1 is 0.966 bits per heavy atom. The van der Waals surface area contributed by atoms with Gasteiger partial charge in [0.1, 0.15) is 5.75 Å². The highest BCUT2D eigenvalue weighted by molar-refractivity contribution is 7.99. The average Bonchev–Trinajstić information content (AvgIpc) is 3.42. The van der Waals surface area contributed by atoms with Gasteiger partial charge in [-0.25, -0.2) is 0 Å². The number of thioether (sulfide) groups is 1. The van der Waals surface area contributed by atoms with Crippen molar-refractivity contribution < 1.29 is 9.15 Å². The van der Waals surface area contributed by atoms with Crippen LogP contribution in [0.3, 0.4) is 0 Å². The van der Waals surface area contributed by atoms with Gasteiger partial charge in [-0.1, -0.05) is 30.0 Å². The summed E-state index contributed by atoms with van der Waals surface area (Å²) < 4.78 is 13.2. The number of benzene rings is 2. The lowest BCUT2D eigenvalue weighted by Gasteiger charge is -2.10. The molecule has 0 saturated carbocycles. The van der Waals surface area contributed by atoms with Crippen LogP contribution in [0.4, 0.5) is 0 Å². The highest BCUT2D eigenvalue weighted by Gasteiger charge is 2.21. The van der Waals surface area contributed by atoms with E-state index >= 15 is 0 Å². The molecule has 0 aliphatic rings. The fraction of sp³-hybridized carbons (Fsp3) is 0.238. The molecule has 0 aliphatic heterocycles. The SMILES string of the molecule is CCn1c(S[C@H](C)c2nnc(-c3ccccc3)o2)nnc1-c1ccc(OC)cc1. The maximum absolute atomic E-state index is 5.88. The Bertz CT molecular complexity index is 1080. The normalized spacial score (nSPS) is 12.1. The minimum atomic E-state index is -0.0572. The van der Waals surface area contributed by atoms with E-state index in [2.05, 4.69) is 31.9 Å². The van der Waals surface area contributed by atoms with Crippen LogP contribution in [0.15, 0.2) is 64.2 Å². The Morgan fingerprint density at radius 2 is 1.72 bits per heavy atom. The van der Waals surface area contributed by atoms with Crippen molar-refractivity contribution in [3.8, 4) is 28.6 Å². The van der Waals surface area contributed by atoms with E-state index in [-0.39, 0.29) is 5.25 Å². The van der Waals surface area contributed by atoms with Crippen molar-refractivity contribution in [3.63, 3.8) is 0 Å². The van der Waals surface area contributed by atoms with Crippen LogP contribution in [0.5, 0.6) is 5.75 Å². The number of ether oxygens (including phenoxy) is 1. The maximum Gasteiger partial charge on any atom is 0.247 e. The zero-order valence-corrected chi connectivity index (χ0v) is 17.3. The highest BCUT2D eigenvalue weighted by Crippen LogP contribution is 2.35. The van der Waals surface area contributed by atoms with Gasteiger partial charge in [-0.3, -0.25) is 0 Å². The van der Waals surface area contributed by atoms with E-state index in [9.17, 15) is 0 Å². The molecule has 0 radical (unpaired) electrons. The van der Waals surface area contributed by atoms with Crippen molar-refractivity contribution in [2.24, 2.45) is 0 Å². The number of methoxy groups -OCH3 is 1. The largest absolute Gasteiger partial charge is 0.497 e. The van der Waals surface area contributed by atoms with Gasteiger partial charge in [0, 0.05) is 17.7 Å². The van der Waals surface area contributed by atoms with E-state index in [1.54, 1.807) is 18.9 Å². The summed E-state index contributed by atoms with van der Waals surface area (Å²) in [4.78, 5) is 0. The minimum Gasteiger partial charge on any atom is -0.497 e. The molecule has 148 valence electrons. The van der Waals surface area contributed by atoms with Crippen molar-refractivity contribution >= 4 is 11.8 Å². The molecule has 0 unspecified atom stereocenters. The fourth-order valence-corrected chi connectivity index (χ4v) is 3.86. The molecule has 29 heavy (non-hydrogen) atoms. The van der Waals surface area contributed by atoms with E-state index in [4.69, 9.17) is 9.15 Å². The Labute approximate surface area is 173 Å². The van der Waals surface area contributed by atoms with E-state index in [0.29, 0.717) is 11.8 Å². The quantitative estimate of drug-likeness (QED) is 0.404. The molecule has 0 amide bonds. The monoisotopic (exact) mass is 407 g/mol. The average molecular weight is 407 g/mol. The molecular formula is C21H21N5O2S. The number of rotatable bonds is 7. The molecule has 0 aliphatic carbocycles. The van der Waals surface area contributed by atoms with Crippen molar-refractivity contribution in [1.82, 2.24) is 25.0 Å². The van der Waals surface area contributed by atoms with Crippen LogP contribution in [-0.2, 0) is 6.54 Å². The molecule has 0 bridgehead atoms. The van der Waals surface area contributed by atoms with Gasteiger partial charge in [0.05, 0.1) is 12.4 Å². The third kappa shape index (κ3) is 4.02. The molecule has 4 rings (SSSR count). The van der Waals surface area contributed by atoms with E-state index < -0.39 is 0 Å². The molecule has 0 spiro atoms. The van der Waals surface area contributed by atoms with Gasteiger partial charge >= 0.3 is 0 Å². The van der Waals surface area contributed by atoms with Crippen LogP contribution in [0.1, 0.15) is 25.0 Å². The Balaban J connectivity index is 1.55. The molecule has 0 saturated heterocycles. The van der Waals surface area contributed by atoms with Crippen LogP contribution in [0.2, 0.25) is 0 Å². The van der Waals surface area contributed by atoms with Gasteiger partial charge in [0.25, 0.3) is 0 Å². The second-order valence-corrected chi connectivity index (χ2v) is 7.66. The summed E-state index contributed by atoms with van der Waals surface area (Å²) in [5, 5.41) is 17.9. The van der Waals surface area contributed by atoms with Crippen LogP contribution < -0.4 is 4.74 Å². The van der Waals surface area contributed by atoms with E-state index in [1.165, 1.54) is 0 Å². The van der Waals surface area contributed by atoms with Crippen molar-refractivity contribution in [2.75, 3.05) is 7.11 Å². The second-order valence-electron chi connectivity index (χ2n) is 6.35. The lowest BCUT2D eigenvalue weighted by molar-refractivity contribution is 0.415. The topological polar surface area (TPSA) is 78.9 Å². The lowest BCUT2D eigenvalue weighted by Crippen LogP contribution is -2.01. The predicted molar refractivity (Wildman–Crippen MR) is 112 cm³/mol. The number of nitrogens with zero attached hydrogens (tertiary/aromatic N) is 5. The number of hydrogen-bond acceptors (Lipinski definition) is 7. The molecular weight excluding hydrogens is 386 g/mol. The molecule has 4 aromatic rings. The van der Waals surface area contributed by atoms with Crippen LogP contribution in [-0.4, -0.2) is 32.1 Å². The standard InChI is InChI=1S/C21H21N5O2S/c1-4-26-18(15-10-12-17(27-3)13-11-15)22-25-21(26)29-14(2)19-23-24-20(28-19)16-8-6-5-7-9-16/h5-14H,4H2,1-3H3/t14-/m1/s1. The molecule has 0 N–H and O–H groups in total. The maximum atomic E-state index is 5.88. The first kappa shape index (κ1) is 19.2. The summed E-state index contributed by atoms with van der Waals surface area (Å²) >= 11 is 1.55. The summed E-state index contributed by atoms with van der Waals surface area (Å²) in [5.41, 5.74) is 1.89. The minimum absolute atomic E-state index is 0.0572.